The van der Waals surface area contributed by atoms with Gasteiger partial charge in [-0.3, -0.25) is 4.79 Å². The smallest absolute Gasteiger partial charge is 0.309 e. The zero-order valence-electron chi connectivity index (χ0n) is 10.7. The molecular formula is C14H14FNO3. The van der Waals surface area contributed by atoms with Gasteiger partial charge in [0.05, 0.1) is 12.1 Å². The third kappa shape index (κ3) is 2.99. The van der Waals surface area contributed by atoms with Crippen LogP contribution >= 0.6 is 0 Å². The van der Waals surface area contributed by atoms with E-state index in [2.05, 4.69) is 4.98 Å². The molecule has 0 atom stereocenters. The number of rotatable bonds is 4. The highest BCUT2D eigenvalue weighted by Gasteiger charge is 2.19. The first kappa shape index (κ1) is 13.3. The highest BCUT2D eigenvalue weighted by atomic mass is 19.1. The molecule has 0 spiro atoms. The van der Waals surface area contributed by atoms with Gasteiger partial charge in [0.25, 0.3) is 0 Å². The summed E-state index contributed by atoms with van der Waals surface area (Å²) >= 11 is 0. The molecule has 0 aliphatic heterocycles. The Labute approximate surface area is 109 Å². The van der Waals surface area contributed by atoms with Crippen molar-refractivity contribution in [3.05, 3.63) is 41.5 Å². The lowest BCUT2D eigenvalue weighted by atomic mass is 10.1. The average molecular weight is 263 g/mol. The standard InChI is InChI=1S/C14H14FNO3/c1-8(2)13-11(7-12(17)18)16-14(19-13)9-3-5-10(15)6-4-9/h3-6,8H,7H2,1-2H3,(H,17,18). The lowest BCUT2D eigenvalue weighted by molar-refractivity contribution is -0.136. The van der Waals surface area contributed by atoms with Crippen molar-refractivity contribution in [1.29, 1.82) is 0 Å². The summed E-state index contributed by atoms with van der Waals surface area (Å²) < 4.78 is 18.5. The SMILES string of the molecule is CC(C)c1oc(-c2ccc(F)cc2)nc1CC(=O)O. The Bertz CT molecular complexity index is 587. The Morgan fingerprint density at radius 1 is 1.37 bits per heavy atom. The molecule has 0 fully saturated rings. The maximum absolute atomic E-state index is 12.9. The van der Waals surface area contributed by atoms with Gasteiger partial charge in [0.15, 0.2) is 0 Å². The fourth-order valence-electron chi connectivity index (χ4n) is 1.80. The number of carboxylic acids is 1. The number of hydrogen-bond acceptors (Lipinski definition) is 3. The number of benzene rings is 1. The second-order valence-electron chi connectivity index (χ2n) is 4.56. The van der Waals surface area contributed by atoms with Crippen molar-refractivity contribution in [2.75, 3.05) is 0 Å². The number of aliphatic carboxylic acids is 1. The fourth-order valence-corrected chi connectivity index (χ4v) is 1.80. The summed E-state index contributed by atoms with van der Waals surface area (Å²) in [6.45, 7) is 3.81. The zero-order chi connectivity index (χ0) is 14.0. The van der Waals surface area contributed by atoms with Gasteiger partial charge in [0.1, 0.15) is 11.6 Å². The molecular weight excluding hydrogens is 249 g/mol. The number of oxazole rings is 1. The first-order valence-corrected chi connectivity index (χ1v) is 5.94. The summed E-state index contributed by atoms with van der Waals surface area (Å²) in [6.07, 6.45) is -0.182. The molecule has 1 N–H and O–H groups in total. The van der Waals surface area contributed by atoms with Gasteiger partial charge in [-0.25, -0.2) is 9.37 Å². The van der Waals surface area contributed by atoms with Crippen LogP contribution in [0, 0.1) is 5.82 Å². The van der Waals surface area contributed by atoms with Gasteiger partial charge in [-0.2, -0.15) is 0 Å². The first-order valence-electron chi connectivity index (χ1n) is 5.94. The van der Waals surface area contributed by atoms with Crippen LogP contribution in [-0.2, 0) is 11.2 Å². The first-order chi connectivity index (χ1) is 8.97. The summed E-state index contributed by atoms with van der Waals surface area (Å²) in [5, 5.41) is 8.86. The molecule has 100 valence electrons. The van der Waals surface area contributed by atoms with E-state index >= 15 is 0 Å². The maximum Gasteiger partial charge on any atom is 0.309 e. The molecule has 0 amide bonds. The number of carboxylic acid groups (broad SMARTS) is 1. The topological polar surface area (TPSA) is 63.3 Å². The quantitative estimate of drug-likeness (QED) is 0.919. The van der Waals surface area contributed by atoms with E-state index in [1.165, 1.54) is 12.1 Å². The molecule has 1 aromatic heterocycles. The van der Waals surface area contributed by atoms with Crippen molar-refractivity contribution < 1.29 is 18.7 Å². The van der Waals surface area contributed by atoms with Crippen LogP contribution < -0.4 is 0 Å². The second kappa shape index (κ2) is 5.22. The molecule has 19 heavy (non-hydrogen) atoms. The Kier molecular flexibility index (Phi) is 3.64. The van der Waals surface area contributed by atoms with Gasteiger partial charge in [-0.05, 0) is 24.3 Å². The number of carbonyl (C=O) groups is 1. The molecule has 0 aliphatic carbocycles. The van der Waals surface area contributed by atoms with E-state index in [0.29, 0.717) is 22.9 Å². The van der Waals surface area contributed by atoms with Crippen molar-refractivity contribution in [3.8, 4) is 11.5 Å². The highest BCUT2D eigenvalue weighted by Crippen LogP contribution is 2.27. The van der Waals surface area contributed by atoms with E-state index in [4.69, 9.17) is 9.52 Å². The molecule has 0 bridgehead atoms. The summed E-state index contributed by atoms with van der Waals surface area (Å²) in [4.78, 5) is 15.0. The normalized spacial score (nSPS) is 10.9. The molecule has 0 aliphatic rings. The molecule has 1 aromatic carbocycles. The van der Waals surface area contributed by atoms with Gasteiger partial charge >= 0.3 is 5.97 Å². The van der Waals surface area contributed by atoms with Gasteiger partial charge in [0.2, 0.25) is 5.89 Å². The van der Waals surface area contributed by atoms with Crippen LogP contribution in [0.5, 0.6) is 0 Å². The van der Waals surface area contributed by atoms with Crippen LogP contribution in [0.4, 0.5) is 4.39 Å². The van der Waals surface area contributed by atoms with E-state index < -0.39 is 5.97 Å². The minimum Gasteiger partial charge on any atom is -0.481 e. The van der Waals surface area contributed by atoms with Crippen LogP contribution in [0.25, 0.3) is 11.5 Å². The third-order valence-electron chi connectivity index (χ3n) is 2.66. The van der Waals surface area contributed by atoms with Crippen molar-refractivity contribution in [2.24, 2.45) is 0 Å². The Hall–Kier alpha value is -2.17. The van der Waals surface area contributed by atoms with Crippen LogP contribution in [0.1, 0.15) is 31.2 Å². The molecule has 0 saturated carbocycles. The van der Waals surface area contributed by atoms with Crippen LogP contribution in [0.3, 0.4) is 0 Å². The minimum atomic E-state index is -0.958. The predicted molar refractivity (Wildman–Crippen MR) is 67.3 cm³/mol. The molecule has 2 rings (SSSR count). The predicted octanol–water partition coefficient (Wildman–Crippen LogP) is 3.23. The van der Waals surface area contributed by atoms with Crippen LogP contribution in [0.15, 0.2) is 28.7 Å². The zero-order valence-corrected chi connectivity index (χ0v) is 10.7. The Balaban J connectivity index is 2.42. The van der Waals surface area contributed by atoms with Crippen LogP contribution in [-0.4, -0.2) is 16.1 Å². The lowest BCUT2D eigenvalue weighted by Gasteiger charge is -2.01. The van der Waals surface area contributed by atoms with E-state index in [0.717, 1.165) is 0 Å². The third-order valence-corrected chi connectivity index (χ3v) is 2.66. The average Bonchev–Trinajstić information content (AvgIpc) is 2.73. The van der Waals surface area contributed by atoms with Crippen molar-refractivity contribution in [2.45, 2.75) is 26.2 Å². The fraction of sp³-hybridized carbons (Fsp3) is 0.286. The Morgan fingerprint density at radius 2 is 2.00 bits per heavy atom. The number of halogens is 1. The summed E-state index contributed by atoms with van der Waals surface area (Å²) in [5.41, 5.74) is 1.04. The molecule has 1 heterocycles. The summed E-state index contributed by atoms with van der Waals surface area (Å²) in [6, 6.07) is 5.72. The maximum atomic E-state index is 12.9. The molecule has 5 heteroatoms. The summed E-state index contributed by atoms with van der Waals surface area (Å²) in [5.74, 6) is -0.385. The summed E-state index contributed by atoms with van der Waals surface area (Å²) in [7, 11) is 0. The van der Waals surface area contributed by atoms with E-state index in [-0.39, 0.29) is 18.2 Å². The van der Waals surface area contributed by atoms with Gasteiger partial charge in [-0.15, -0.1) is 0 Å². The number of hydrogen-bond donors (Lipinski definition) is 1. The minimum absolute atomic E-state index is 0.0380. The van der Waals surface area contributed by atoms with Crippen molar-refractivity contribution in [3.63, 3.8) is 0 Å². The monoisotopic (exact) mass is 263 g/mol. The van der Waals surface area contributed by atoms with Crippen LogP contribution in [0.2, 0.25) is 0 Å². The van der Waals surface area contributed by atoms with E-state index in [1.54, 1.807) is 12.1 Å². The number of aromatic nitrogens is 1. The molecule has 0 radical (unpaired) electrons. The number of nitrogens with zero attached hydrogens (tertiary/aromatic N) is 1. The van der Waals surface area contributed by atoms with E-state index in [9.17, 15) is 9.18 Å². The molecule has 4 nitrogen and oxygen atoms in total. The van der Waals surface area contributed by atoms with Gasteiger partial charge in [-0.1, -0.05) is 13.8 Å². The van der Waals surface area contributed by atoms with Gasteiger partial charge in [0, 0.05) is 11.5 Å². The molecule has 2 aromatic rings. The molecule has 0 saturated heterocycles. The highest BCUT2D eigenvalue weighted by molar-refractivity contribution is 5.70. The van der Waals surface area contributed by atoms with Crippen molar-refractivity contribution >= 4 is 5.97 Å². The molecule has 0 unspecified atom stereocenters. The Morgan fingerprint density at radius 3 is 2.53 bits per heavy atom. The van der Waals surface area contributed by atoms with Crippen molar-refractivity contribution in [1.82, 2.24) is 4.98 Å². The van der Waals surface area contributed by atoms with Gasteiger partial charge < -0.3 is 9.52 Å². The lowest BCUT2D eigenvalue weighted by Crippen LogP contribution is -2.03. The largest absolute Gasteiger partial charge is 0.481 e. The second-order valence-corrected chi connectivity index (χ2v) is 4.56. The van der Waals surface area contributed by atoms with E-state index in [1.807, 2.05) is 13.8 Å².